The molecule has 2 aliphatic rings. The second-order valence-electron chi connectivity index (χ2n) is 7.51. The van der Waals surface area contributed by atoms with Gasteiger partial charge in [0.25, 0.3) is 5.91 Å². The number of likely N-dealkylation sites (N-methyl/N-ethyl adjacent to an activating group) is 1. The fraction of sp³-hybridized carbons (Fsp3) is 0.450. The number of ether oxygens (including phenoxy) is 1. The molecule has 3 heterocycles. The zero-order chi connectivity index (χ0) is 18.0. The molecule has 0 bridgehead atoms. The molecular formula is C20H24N4O2. The lowest BCUT2D eigenvalue weighted by molar-refractivity contribution is 0.00991. The van der Waals surface area contributed by atoms with E-state index in [1.54, 1.807) is 18.5 Å². The maximum Gasteiger partial charge on any atom is 0.291 e. The van der Waals surface area contributed by atoms with Crippen LogP contribution in [-0.4, -0.2) is 65.0 Å². The highest BCUT2D eigenvalue weighted by Gasteiger charge is 2.52. The summed E-state index contributed by atoms with van der Waals surface area (Å²) in [5.41, 5.74) is 1.39. The number of rotatable bonds is 5. The van der Waals surface area contributed by atoms with Gasteiger partial charge in [-0.1, -0.05) is 30.3 Å². The van der Waals surface area contributed by atoms with E-state index in [-0.39, 0.29) is 17.1 Å². The molecule has 2 saturated heterocycles. The van der Waals surface area contributed by atoms with Crippen LogP contribution < -0.4 is 0 Å². The number of nitrogens with zero attached hydrogens (tertiary/aromatic N) is 4. The predicted molar refractivity (Wildman–Crippen MR) is 97.5 cm³/mol. The minimum absolute atomic E-state index is 0.0670. The van der Waals surface area contributed by atoms with Crippen molar-refractivity contribution in [3.63, 3.8) is 0 Å². The van der Waals surface area contributed by atoms with Crippen molar-refractivity contribution in [1.29, 1.82) is 0 Å². The molecule has 0 aliphatic carbocycles. The predicted octanol–water partition coefficient (Wildman–Crippen LogP) is 1.84. The zero-order valence-electron chi connectivity index (χ0n) is 15.0. The smallest absolute Gasteiger partial charge is 0.291 e. The third-order valence-electron chi connectivity index (χ3n) is 5.40. The second kappa shape index (κ2) is 7.13. The Morgan fingerprint density at radius 1 is 1.15 bits per heavy atom. The summed E-state index contributed by atoms with van der Waals surface area (Å²) >= 11 is 0. The standard InChI is InChI=1S/C20H24N4O2/c1-23-13-20(10-17(23)12-26-11-16-6-3-2-4-7-16)14-24(15-20)19(25)18-21-8-5-9-22-18/h2-9,17H,10-15H2,1H3. The minimum Gasteiger partial charge on any atom is -0.375 e. The molecule has 4 rings (SSSR count). The first-order valence-electron chi connectivity index (χ1n) is 9.03. The number of aromatic nitrogens is 2. The van der Waals surface area contributed by atoms with Crippen molar-refractivity contribution < 1.29 is 9.53 Å². The number of carbonyl (C=O) groups excluding carboxylic acids is 1. The highest BCUT2D eigenvalue weighted by atomic mass is 16.5. The lowest BCUT2D eigenvalue weighted by Gasteiger charge is -2.47. The van der Waals surface area contributed by atoms with Gasteiger partial charge < -0.3 is 14.5 Å². The Hall–Kier alpha value is -2.31. The van der Waals surface area contributed by atoms with E-state index >= 15 is 0 Å². The Balaban J connectivity index is 1.27. The summed E-state index contributed by atoms with van der Waals surface area (Å²) in [6.07, 6.45) is 4.29. The maximum absolute atomic E-state index is 12.4. The first-order valence-corrected chi connectivity index (χ1v) is 9.03. The lowest BCUT2D eigenvalue weighted by Crippen LogP contribution is -2.59. The van der Waals surface area contributed by atoms with E-state index in [1.807, 2.05) is 23.1 Å². The molecule has 0 radical (unpaired) electrons. The molecule has 1 unspecified atom stereocenters. The summed E-state index contributed by atoms with van der Waals surface area (Å²) in [5, 5.41) is 0. The van der Waals surface area contributed by atoms with Crippen LogP contribution in [0.25, 0.3) is 0 Å². The van der Waals surface area contributed by atoms with Crippen LogP contribution in [0.1, 0.15) is 22.6 Å². The normalized spacial score (nSPS) is 21.7. The van der Waals surface area contributed by atoms with Crippen LogP contribution in [-0.2, 0) is 11.3 Å². The SMILES string of the molecule is CN1CC2(CC1COCc1ccccc1)CN(C(=O)c1ncccn1)C2. The fourth-order valence-electron chi connectivity index (χ4n) is 4.14. The second-order valence-corrected chi connectivity index (χ2v) is 7.51. The molecule has 136 valence electrons. The summed E-state index contributed by atoms with van der Waals surface area (Å²) in [6, 6.07) is 12.4. The van der Waals surface area contributed by atoms with Crippen molar-refractivity contribution in [2.45, 2.75) is 19.1 Å². The summed E-state index contributed by atoms with van der Waals surface area (Å²) in [4.78, 5) is 24.8. The fourth-order valence-corrected chi connectivity index (χ4v) is 4.14. The molecule has 1 spiro atoms. The van der Waals surface area contributed by atoms with Gasteiger partial charge in [0.1, 0.15) is 0 Å². The monoisotopic (exact) mass is 352 g/mol. The van der Waals surface area contributed by atoms with Crippen molar-refractivity contribution in [1.82, 2.24) is 19.8 Å². The van der Waals surface area contributed by atoms with Crippen LogP contribution in [0.4, 0.5) is 0 Å². The molecule has 1 atom stereocenters. The molecule has 6 heteroatoms. The van der Waals surface area contributed by atoms with Gasteiger partial charge in [-0.15, -0.1) is 0 Å². The largest absolute Gasteiger partial charge is 0.375 e. The molecule has 0 N–H and O–H groups in total. The van der Waals surface area contributed by atoms with Crippen LogP contribution in [0.5, 0.6) is 0 Å². The third kappa shape index (κ3) is 3.48. The molecule has 1 aromatic heterocycles. The Morgan fingerprint density at radius 3 is 2.62 bits per heavy atom. The number of carbonyl (C=O) groups is 1. The summed E-state index contributed by atoms with van der Waals surface area (Å²) < 4.78 is 5.94. The van der Waals surface area contributed by atoms with Crippen LogP contribution >= 0.6 is 0 Å². The van der Waals surface area contributed by atoms with Crippen LogP contribution in [0.2, 0.25) is 0 Å². The molecule has 26 heavy (non-hydrogen) atoms. The Kier molecular flexibility index (Phi) is 4.70. The van der Waals surface area contributed by atoms with E-state index in [2.05, 4.69) is 34.0 Å². The average molecular weight is 352 g/mol. The van der Waals surface area contributed by atoms with Crippen LogP contribution in [0.15, 0.2) is 48.8 Å². The average Bonchev–Trinajstić information content (AvgIpc) is 2.98. The van der Waals surface area contributed by atoms with Crippen molar-refractivity contribution in [2.75, 3.05) is 33.3 Å². The summed E-state index contributed by atoms with van der Waals surface area (Å²) in [5.74, 6) is 0.221. The van der Waals surface area contributed by atoms with Gasteiger partial charge in [-0.2, -0.15) is 0 Å². The lowest BCUT2D eigenvalue weighted by atomic mass is 9.77. The highest BCUT2D eigenvalue weighted by Crippen LogP contribution is 2.42. The summed E-state index contributed by atoms with van der Waals surface area (Å²) in [6.45, 7) is 3.94. The van der Waals surface area contributed by atoms with Gasteiger partial charge in [-0.05, 0) is 25.1 Å². The van der Waals surface area contributed by atoms with Gasteiger partial charge in [0.2, 0.25) is 5.82 Å². The van der Waals surface area contributed by atoms with Crippen molar-refractivity contribution in [2.24, 2.45) is 5.41 Å². The topological polar surface area (TPSA) is 58.6 Å². The van der Waals surface area contributed by atoms with Crippen LogP contribution in [0, 0.1) is 5.41 Å². The molecule has 6 nitrogen and oxygen atoms in total. The van der Waals surface area contributed by atoms with Gasteiger partial charge in [-0.3, -0.25) is 4.79 Å². The van der Waals surface area contributed by atoms with Gasteiger partial charge in [0.05, 0.1) is 13.2 Å². The number of hydrogen-bond donors (Lipinski definition) is 0. The molecular weight excluding hydrogens is 328 g/mol. The molecule has 2 fully saturated rings. The first-order chi connectivity index (χ1) is 12.7. The number of amides is 1. The third-order valence-corrected chi connectivity index (χ3v) is 5.40. The Bertz CT molecular complexity index is 747. The van der Waals surface area contributed by atoms with Gasteiger partial charge in [0, 0.05) is 43.5 Å². The van der Waals surface area contributed by atoms with Crippen LogP contribution in [0.3, 0.4) is 0 Å². The number of likely N-dealkylation sites (tertiary alicyclic amines) is 2. The van der Waals surface area contributed by atoms with Crippen molar-refractivity contribution in [3.05, 3.63) is 60.2 Å². The van der Waals surface area contributed by atoms with Gasteiger partial charge in [0.15, 0.2) is 0 Å². The van der Waals surface area contributed by atoms with E-state index in [9.17, 15) is 4.79 Å². The van der Waals surface area contributed by atoms with Gasteiger partial charge in [-0.25, -0.2) is 9.97 Å². The van der Waals surface area contributed by atoms with E-state index in [0.717, 1.165) is 32.7 Å². The van der Waals surface area contributed by atoms with E-state index in [4.69, 9.17) is 4.74 Å². The zero-order valence-corrected chi connectivity index (χ0v) is 15.0. The molecule has 1 aromatic carbocycles. The van der Waals surface area contributed by atoms with Crippen molar-refractivity contribution in [3.8, 4) is 0 Å². The Morgan fingerprint density at radius 2 is 1.88 bits per heavy atom. The molecule has 1 amide bonds. The molecule has 0 saturated carbocycles. The van der Waals surface area contributed by atoms with E-state index in [0.29, 0.717) is 12.6 Å². The quantitative estimate of drug-likeness (QED) is 0.822. The molecule has 2 aliphatic heterocycles. The Labute approximate surface area is 153 Å². The number of hydrogen-bond acceptors (Lipinski definition) is 5. The maximum atomic E-state index is 12.4. The first kappa shape index (κ1) is 17.1. The van der Waals surface area contributed by atoms with E-state index in [1.165, 1.54) is 5.56 Å². The van der Waals surface area contributed by atoms with Gasteiger partial charge >= 0.3 is 0 Å². The minimum atomic E-state index is -0.0670. The van der Waals surface area contributed by atoms with E-state index < -0.39 is 0 Å². The van der Waals surface area contributed by atoms with Crippen molar-refractivity contribution >= 4 is 5.91 Å². The summed E-state index contributed by atoms with van der Waals surface area (Å²) in [7, 11) is 2.15. The number of benzene rings is 1. The highest BCUT2D eigenvalue weighted by molar-refractivity contribution is 5.91. The molecule has 2 aromatic rings.